The number of hydrogen-bond donors (Lipinski definition) is 1. The Labute approximate surface area is 106 Å². The summed E-state index contributed by atoms with van der Waals surface area (Å²) in [4.78, 5) is 19.0. The van der Waals surface area contributed by atoms with Gasteiger partial charge in [0.15, 0.2) is 0 Å². The van der Waals surface area contributed by atoms with Crippen LogP contribution in [0.2, 0.25) is 0 Å². The zero-order valence-electron chi connectivity index (χ0n) is 10.2. The summed E-state index contributed by atoms with van der Waals surface area (Å²) in [5.41, 5.74) is 2.17. The first kappa shape index (κ1) is 11.2. The number of rotatable bonds is 4. The largest absolute Gasteiger partial charge is 0.310 e. The minimum atomic E-state index is -0.0186. The molecule has 3 heteroatoms. The average molecular weight is 240 g/mol. The summed E-state index contributed by atoms with van der Waals surface area (Å²) in [6.45, 7) is 0. The molecule has 0 atom stereocenters. The summed E-state index contributed by atoms with van der Waals surface area (Å²) in [5.74, 6) is 1.37. The van der Waals surface area contributed by atoms with Gasteiger partial charge in [-0.3, -0.25) is 4.79 Å². The molecule has 0 amide bonds. The van der Waals surface area contributed by atoms with Crippen molar-refractivity contribution in [3.8, 4) is 0 Å². The molecule has 0 unspecified atom stereocenters. The molecular formula is C15H16N2O. The van der Waals surface area contributed by atoms with Crippen LogP contribution in [-0.2, 0) is 12.8 Å². The molecule has 3 nitrogen and oxygen atoms in total. The van der Waals surface area contributed by atoms with E-state index in [-0.39, 0.29) is 5.56 Å². The first-order valence-electron chi connectivity index (χ1n) is 6.45. The second kappa shape index (κ2) is 4.77. The molecule has 92 valence electrons. The van der Waals surface area contributed by atoms with Gasteiger partial charge in [-0.25, -0.2) is 4.98 Å². The fourth-order valence-corrected chi connectivity index (χ4v) is 2.12. The van der Waals surface area contributed by atoms with E-state index >= 15 is 0 Å². The third-order valence-corrected chi connectivity index (χ3v) is 3.29. The number of benzene rings is 1. The van der Waals surface area contributed by atoms with Gasteiger partial charge in [-0.1, -0.05) is 30.3 Å². The zero-order chi connectivity index (χ0) is 12.4. The van der Waals surface area contributed by atoms with E-state index in [9.17, 15) is 4.79 Å². The highest BCUT2D eigenvalue weighted by molar-refractivity contribution is 5.17. The number of nitrogens with zero attached hydrogens (tertiary/aromatic N) is 1. The van der Waals surface area contributed by atoms with Gasteiger partial charge in [-0.05, 0) is 31.2 Å². The maximum atomic E-state index is 11.6. The molecule has 0 radical (unpaired) electrons. The van der Waals surface area contributed by atoms with Crippen molar-refractivity contribution >= 4 is 0 Å². The van der Waals surface area contributed by atoms with E-state index < -0.39 is 0 Å². The van der Waals surface area contributed by atoms with Crippen LogP contribution in [0.15, 0.2) is 41.2 Å². The number of H-pyrrole nitrogens is 1. The second-order valence-electron chi connectivity index (χ2n) is 4.88. The lowest BCUT2D eigenvalue weighted by Gasteiger charge is -2.03. The van der Waals surface area contributed by atoms with Crippen LogP contribution in [0, 0.1) is 0 Å². The fourth-order valence-electron chi connectivity index (χ4n) is 2.12. The van der Waals surface area contributed by atoms with Gasteiger partial charge in [-0.2, -0.15) is 0 Å². The zero-order valence-corrected chi connectivity index (χ0v) is 10.2. The molecule has 1 aromatic heterocycles. The molecule has 0 saturated heterocycles. The number of aryl methyl sites for hydroxylation is 2. The van der Waals surface area contributed by atoms with Crippen LogP contribution in [0.5, 0.6) is 0 Å². The van der Waals surface area contributed by atoms with Crippen molar-refractivity contribution in [3.05, 3.63) is 63.8 Å². The highest BCUT2D eigenvalue weighted by Crippen LogP contribution is 2.37. The quantitative estimate of drug-likeness (QED) is 0.892. The summed E-state index contributed by atoms with van der Waals surface area (Å²) in [7, 11) is 0. The van der Waals surface area contributed by atoms with Crippen LogP contribution in [0.4, 0.5) is 0 Å². The molecule has 0 bridgehead atoms. The number of nitrogens with one attached hydrogen (secondary N) is 1. The highest BCUT2D eigenvalue weighted by Gasteiger charge is 2.26. The Kier molecular flexibility index (Phi) is 2.97. The van der Waals surface area contributed by atoms with Crippen molar-refractivity contribution in [2.75, 3.05) is 0 Å². The number of aromatic amines is 1. The molecule has 1 heterocycles. The van der Waals surface area contributed by atoms with Crippen molar-refractivity contribution < 1.29 is 0 Å². The lowest BCUT2D eigenvalue weighted by molar-refractivity contribution is 0.831. The van der Waals surface area contributed by atoms with Gasteiger partial charge in [0.1, 0.15) is 5.82 Å². The van der Waals surface area contributed by atoms with Gasteiger partial charge in [0.25, 0.3) is 5.56 Å². The van der Waals surface area contributed by atoms with E-state index in [0.717, 1.165) is 37.2 Å². The molecule has 18 heavy (non-hydrogen) atoms. The van der Waals surface area contributed by atoms with Crippen LogP contribution in [0.25, 0.3) is 0 Å². The number of aromatic nitrogens is 2. The van der Waals surface area contributed by atoms with Crippen molar-refractivity contribution in [1.82, 2.24) is 9.97 Å². The minimum absolute atomic E-state index is 0.0186. The average Bonchev–Trinajstić information content (AvgIpc) is 3.21. The highest BCUT2D eigenvalue weighted by atomic mass is 16.1. The Hall–Kier alpha value is -1.90. The monoisotopic (exact) mass is 240 g/mol. The van der Waals surface area contributed by atoms with E-state index in [1.807, 2.05) is 18.2 Å². The van der Waals surface area contributed by atoms with Gasteiger partial charge in [-0.15, -0.1) is 0 Å². The molecular weight excluding hydrogens is 224 g/mol. The van der Waals surface area contributed by atoms with Gasteiger partial charge in [0, 0.05) is 17.7 Å². The molecule has 3 rings (SSSR count). The molecule has 1 N–H and O–H groups in total. The van der Waals surface area contributed by atoms with Crippen LogP contribution < -0.4 is 5.56 Å². The van der Waals surface area contributed by atoms with Crippen LogP contribution >= 0.6 is 0 Å². The number of hydrogen-bond acceptors (Lipinski definition) is 2. The molecule has 0 spiro atoms. The third-order valence-electron chi connectivity index (χ3n) is 3.29. The molecule has 1 aliphatic rings. The SMILES string of the molecule is O=c1cc(CCc2ccccc2)nc(C2CC2)[nH]1. The van der Waals surface area contributed by atoms with Gasteiger partial charge >= 0.3 is 0 Å². The van der Waals surface area contributed by atoms with E-state index in [4.69, 9.17) is 0 Å². The lowest BCUT2D eigenvalue weighted by atomic mass is 10.1. The Morgan fingerprint density at radius 1 is 1.17 bits per heavy atom. The van der Waals surface area contributed by atoms with Crippen LogP contribution in [0.1, 0.15) is 35.8 Å². The van der Waals surface area contributed by atoms with E-state index in [0.29, 0.717) is 5.92 Å². The summed E-state index contributed by atoms with van der Waals surface area (Å²) < 4.78 is 0. The van der Waals surface area contributed by atoms with Gasteiger partial charge in [0.2, 0.25) is 0 Å². The fraction of sp³-hybridized carbons (Fsp3) is 0.333. The van der Waals surface area contributed by atoms with Crippen molar-refractivity contribution in [3.63, 3.8) is 0 Å². The summed E-state index contributed by atoms with van der Waals surface area (Å²) in [6.07, 6.45) is 4.07. The smallest absolute Gasteiger partial charge is 0.251 e. The van der Waals surface area contributed by atoms with E-state index in [1.54, 1.807) is 6.07 Å². The minimum Gasteiger partial charge on any atom is -0.310 e. The molecule has 1 aromatic carbocycles. The van der Waals surface area contributed by atoms with Crippen LogP contribution in [-0.4, -0.2) is 9.97 Å². The lowest BCUT2D eigenvalue weighted by Crippen LogP contribution is -2.12. The molecule has 2 aromatic rings. The topological polar surface area (TPSA) is 45.8 Å². The Balaban J connectivity index is 1.74. The molecule has 0 aliphatic heterocycles. The Bertz CT molecular complexity index is 585. The summed E-state index contributed by atoms with van der Waals surface area (Å²) in [5, 5.41) is 0. The maximum absolute atomic E-state index is 11.6. The first-order chi connectivity index (χ1) is 8.81. The van der Waals surface area contributed by atoms with Crippen molar-refractivity contribution in [1.29, 1.82) is 0 Å². The third kappa shape index (κ3) is 2.67. The standard InChI is InChI=1S/C15H16N2O/c18-14-10-13(16-15(17-14)12-7-8-12)9-6-11-4-2-1-3-5-11/h1-5,10,12H,6-9H2,(H,16,17,18). The van der Waals surface area contributed by atoms with E-state index in [1.165, 1.54) is 5.56 Å². The summed E-state index contributed by atoms with van der Waals surface area (Å²) >= 11 is 0. The van der Waals surface area contributed by atoms with Gasteiger partial charge in [0.05, 0.1) is 0 Å². The normalized spacial score (nSPS) is 14.7. The van der Waals surface area contributed by atoms with Crippen molar-refractivity contribution in [2.24, 2.45) is 0 Å². The second-order valence-corrected chi connectivity index (χ2v) is 4.88. The predicted octanol–water partition coefficient (Wildman–Crippen LogP) is 2.43. The van der Waals surface area contributed by atoms with Crippen LogP contribution in [0.3, 0.4) is 0 Å². The van der Waals surface area contributed by atoms with Gasteiger partial charge < -0.3 is 4.98 Å². The molecule has 1 fully saturated rings. The predicted molar refractivity (Wildman–Crippen MR) is 70.7 cm³/mol. The summed E-state index contributed by atoms with van der Waals surface area (Å²) in [6, 6.07) is 11.9. The molecule has 1 aliphatic carbocycles. The van der Waals surface area contributed by atoms with E-state index in [2.05, 4.69) is 22.1 Å². The maximum Gasteiger partial charge on any atom is 0.251 e. The Morgan fingerprint density at radius 3 is 2.67 bits per heavy atom. The Morgan fingerprint density at radius 2 is 1.94 bits per heavy atom. The first-order valence-corrected chi connectivity index (χ1v) is 6.45. The molecule has 1 saturated carbocycles. The van der Waals surface area contributed by atoms with Crippen molar-refractivity contribution in [2.45, 2.75) is 31.6 Å².